The average Bonchev–Trinajstić information content (AvgIpc) is 1.95. The molecule has 1 heterocycles. The molecular weight excluding hydrogens is 309 g/mol. The maximum Gasteiger partial charge on any atom is 0.115 e. The number of pyridine rings is 1. The van der Waals surface area contributed by atoms with E-state index in [0.29, 0.717) is 0 Å². The van der Waals surface area contributed by atoms with Gasteiger partial charge in [-0.05, 0) is 50.2 Å². The lowest BCUT2D eigenvalue weighted by Gasteiger charge is -1.97. The van der Waals surface area contributed by atoms with Crippen LogP contribution in [0.15, 0.2) is 16.7 Å². The molecule has 0 unspecified atom stereocenters. The number of aliphatic hydroxyl groups is 1. The quantitative estimate of drug-likeness (QED) is 0.635. The lowest BCUT2D eigenvalue weighted by molar-refractivity contribution is 0.281. The molecule has 0 aliphatic rings. The number of rotatable bonds is 1. The molecule has 0 fully saturated rings. The summed E-state index contributed by atoms with van der Waals surface area (Å²) in [5.74, 6) is 0. The number of aliphatic hydroxyl groups excluding tert-OH is 1. The van der Waals surface area contributed by atoms with E-state index in [0.717, 1.165) is 13.7 Å². The molecule has 1 rings (SSSR count). The first kappa shape index (κ1) is 8.42. The predicted octanol–water partition coefficient (Wildman–Crippen LogP) is 1.94. The minimum absolute atomic E-state index is 0.0442. The molecule has 0 amide bonds. The van der Waals surface area contributed by atoms with Crippen LogP contribution in [-0.4, -0.2) is 10.1 Å². The van der Waals surface area contributed by atoms with Crippen molar-refractivity contribution in [3.63, 3.8) is 0 Å². The maximum absolute atomic E-state index is 8.69. The zero-order valence-corrected chi connectivity index (χ0v) is 8.76. The van der Waals surface area contributed by atoms with Gasteiger partial charge in [0, 0.05) is 10.7 Å². The van der Waals surface area contributed by atoms with E-state index in [2.05, 4.69) is 43.5 Å². The fourth-order valence-electron chi connectivity index (χ4n) is 0.547. The van der Waals surface area contributed by atoms with Crippen molar-refractivity contribution in [2.24, 2.45) is 0 Å². The Hall–Kier alpha value is 0.320. The van der Waals surface area contributed by atoms with Gasteiger partial charge in [-0.25, -0.2) is 4.98 Å². The summed E-state index contributed by atoms with van der Waals surface area (Å²) in [7, 11) is 0. The molecule has 1 N–H and O–H groups in total. The summed E-state index contributed by atoms with van der Waals surface area (Å²) >= 11 is 5.42. The summed E-state index contributed by atoms with van der Waals surface area (Å²) < 4.78 is 1.84. The summed E-state index contributed by atoms with van der Waals surface area (Å²) in [6, 6.07) is 1.86. The highest BCUT2D eigenvalue weighted by Crippen LogP contribution is 2.17. The Morgan fingerprint density at radius 3 is 2.90 bits per heavy atom. The van der Waals surface area contributed by atoms with Crippen LogP contribution in [0, 0.1) is 3.70 Å². The SMILES string of the molecule is OCc1cnc(I)c(Br)c1. The van der Waals surface area contributed by atoms with Crippen LogP contribution in [0.3, 0.4) is 0 Å². The number of hydrogen-bond acceptors (Lipinski definition) is 2. The van der Waals surface area contributed by atoms with Gasteiger partial charge in [0.15, 0.2) is 0 Å². The highest BCUT2D eigenvalue weighted by molar-refractivity contribution is 14.1. The zero-order valence-electron chi connectivity index (χ0n) is 5.01. The van der Waals surface area contributed by atoms with Crippen molar-refractivity contribution in [3.05, 3.63) is 26.0 Å². The van der Waals surface area contributed by atoms with Crippen LogP contribution in [0.4, 0.5) is 0 Å². The smallest absolute Gasteiger partial charge is 0.115 e. The molecule has 1 aromatic rings. The standard InChI is InChI=1S/C6H5BrINO/c7-5-1-4(3-10)2-9-6(5)8/h1-2,10H,3H2. The monoisotopic (exact) mass is 313 g/mol. The molecule has 0 saturated heterocycles. The maximum atomic E-state index is 8.69. The van der Waals surface area contributed by atoms with Crippen molar-refractivity contribution in [2.45, 2.75) is 6.61 Å². The molecule has 10 heavy (non-hydrogen) atoms. The fourth-order valence-corrected chi connectivity index (χ4v) is 1.24. The van der Waals surface area contributed by atoms with E-state index in [1.165, 1.54) is 0 Å². The number of nitrogens with zero attached hydrogens (tertiary/aromatic N) is 1. The Kier molecular flexibility index (Phi) is 3.06. The lowest BCUT2D eigenvalue weighted by atomic mass is 10.3. The molecule has 2 nitrogen and oxygen atoms in total. The highest BCUT2D eigenvalue weighted by Gasteiger charge is 1.97. The van der Waals surface area contributed by atoms with Gasteiger partial charge in [-0.3, -0.25) is 0 Å². The van der Waals surface area contributed by atoms with E-state index in [1.54, 1.807) is 6.20 Å². The zero-order chi connectivity index (χ0) is 7.56. The molecule has 0 spiro atoms. The van der Waals surface area contributed by atoms with Crippen molar-refractivity contribution >= 4 is 38.5 Å². The Bertz CT molecular complexity index is 241. The lowest BCUT2D eigenvalue weighted by Crippen LogP contribution is -1.87. The molecule has 1 aromatic heterocycles. The molecule has 0 radical (unpaired) electrons. The number of aromatic nitrogens is 1. The van der Waals surface area contributed by atoms with Gasteiger partial charge >= 0.3 is 0 Å². The molecule has 0 atom stereocenters. The predicted molar refractivity (Wildman–Crippen MR) is 50.6 cm³/mol. The van der Waals surface area contributed by atoms with E-state index in [1.807, 2.05) is 6.07 Å². The van der Waals surface area contributed by atoms with Crippen molar-refractivity contribution in [3.8, 4) is 0 Å². The highest BCUT2D eigenvalue weighted by atomic mass is 127. The van der Waals surface area contributed by atoms with Crippen LogP contribution in [-0.2, 0) is 6.61 Å². The van der Waals surface area contributed by atoms with Gasteiger partial charge in [0.05, 0.1) is 6.61 Å². The normalized spacial score (nSPS) is 9.90. The second-order valence-electron chi connectivity index (χ2n) is 1.77. The first-order valence-corrected chi connectivity index (χ1v) is 4.52. The third-order valence-corrected chi connectivity index (χ3v) is 3.24. The van der Waals surface area contributed by atoms with Gasteiger partial charge in [0.2, 0.25) is 0 Å². The van der Waals surface area contributed by atoms with Crippen LogP contribution < -0.4 is 0 Å². The molecule has 0 bridgehead atoms. The second-order valence-corrected chi connectivity index (χ2v) is 3.65. The summed E-state index contributed by atoms with van der Waals surface area (Å²) in [5, 5.41) is 8.69. The van der Waals surface area contributed by atoms with Gasteiger partial charge in [-0.2, -0.15) is 0 Å². The van der Waals surface area contributed by atoms with Crippen LogP contribution in [0.2, 0.25) is 0 Å². The van der Waals surface area contributed by atoms with Crippen LogP contribution in [0.5, 0.6) is 0 Å². The fraction of sp³-hybridized carbons (Fsp3) is 0.167. The van der Waals surface area contributed by atoms with Crippen molar-refractivity contribution < 1.29 is 5.11 Å². The summed E-state index contributed by atoms with van der Waals surface area (Å²) in [4.78, 5) is 4.03. The van der Waals surface area contributed by atoms with E-state index >= 15 is 0 Å². The molecule has 0 saturated carbocycles. The minimum Gasteiger partial charge on any atom is -0.392 e. The Morgan fingerprint density at radius 2 is 2.40 bits per heavy atom. The molecular formula is C6H5BrINO. The van der Waals surface area contributed by atoms with Crippen LogP contribution >= 0.6 is 38.5 Å². The number of halogens is 2. The number of hydrogen-bond donors (Lipinski definition) is 1. The van der Waals surface area contributed by atoms with Crippen molar-refractivity contribution in [1.29, 1.82) is 0 Å². The van der Waals surface area contributed by atoms with Crippen molar-refractivity contribution in [2.75, 3.05) is 0 Å². The molecule has 0 aliphatic carbocycles. The minimum atomic E-state index is 0.0442. The van der Waals surface area contributed by atoms with Crippen molar-refractivity contribution in [1.82, 2.24) is 4.98 Å². The average molecular weight is 314 g/mol. The van der Waals surface area contributed by atoms with Gasteiger partial charge in [-0.1, -0.05) is 0 Å². The van der Waals surface area contributed by atoms with Gasteiger partial charge in [0.1, 0.15) is 3.70 Å². The topological polar surface area (TPSA) is 33.1 Å². The van der Waals surface area contributed by atoms with Gasteiger partial charge in [0.25, 0.3) is 0 Å². The van der Waals surface area contributed by atoms with E-state index in [-0.39, 0.29) is 6.61 Å². The molecule has 0 aliphatic heterocycles. The van der Waals surface area contributed by atoms with E-state index < -0.39 is 0 Å². The third kappa shape index (κ3) is 1.90. The summed E-state index contributed by atoms with van der Waals surface area (Å²) in [5.41, 5.74) is 0.826. The first-order chi connectivity index (χ1) is 4.74. The second kappa shape index (κ2) is 3.64. The van der Waals surface area contributed by atoms with Crippen LogP contribution in [0.25, 0.3) is 0 Å². The largest absolute Gasteiger partial charge is 0.392 e. The van der Waals surface area contributed by atoms with Gasteiger partial charge in [-0.15, -0.1) is 0 Å². The third-order valence-electron chi connectivity index (χ3n) is 1.04. The molecule has 0 aromatic carbocycles. The summed E-state index contributed by atoms with van der Waals surface area (Å²) in [6.07, 6.45) is 1.66. The van der Waals surface area contributed by atoms with E-state index in [4.69, 9.17) is 5.11 Å². The Labute approximate surface area is 80.9 Å². The summed E-state index contributed by atoms with van der Waals surface area (Å²) in [6.45, 7) is 0.0442. The molecule has 54 valence electrons. The Morgan fingerprint density at radius 1 is 1.70 bits per heavy atom. The molecule has 4 heteroatoms. The van der Waals surface area contributed by atoms with E-state index in [9.17, 15) is 0 Å². The van der Waals surface area contributed by atoms with Gasteiger partial charge < -0.3 is 5.11 Å². The first-order valence-electron chi connectivity index (χ1n) is 2.65. The Balaban J connectivity index is 3.04. The van der Waals surface area contributed by atoms with Crippen LogP contribution in [0.1, 0.15) is 5.56 Å².